The van der Waals surface area contributed by atoms with Crippen LogP contribution in [0.3, 0.4) is 0 Å². The summed E-state index contributed by atoms with van der Waals surface area (Å²) in [5, 5.41) is 0. The Kier molecular flexibility index (Phi) is 6.83. The maximum Gasteiger partial charge on any atom is 0.373 e. The Morgan fingerprint density at radius 3 is 2.50 bits per heavy atom. The maximum atomic E-state index is 12.7. The van der Waals surface area contributed by atoms with E-state index in [0.717, 1.165) is 12.1 Å². The van der Waals surface area contributed by atoms with Gasteiger partial charge in [-0.05, 0) is 38.0 Å². The average Bonchev–Trinajstić information content (AvgIpc) is 2.98. The van der Waals surface area contributed by atoms with Crippen molar-refractivity contribution in [2.24, 2.45) is 0 Å². The van der Waals surface area contributed by atoms with Crippen molar-refractivity contribution in [1.82, 2.24) is 9.38 Å². The molecule has 6 nitrogen and oxygen atoms in total. The van der Waals surface area contributed by atoms with Crippen LogP contribution in [0.4, 0.5) is 0 Å². The van der Waals surface area contributed by atoms with E-state index in [1.807, 2.05) is 66.9 Å². The standard InChI is InChI=1S/C19H20N2O2.CO2/c1-3-23-17-10-7-13-21-18(14(2)20-19(17)21)16(22)12-11-15-8-5-4-6-9-15;2-1-3/h4-10,13H,3,11-12H2,1-2H3;. The Hall–Kier alpha value is -3.24. The second-order valence-electron chi connectivity index (χ2n) is 5.54. The number of imidazole rings is 1. The smallest absolute Gasteiger partial charge is 0.373 e. The third kappa shape index (κ3) is 4.43. The van der Waals surface area contributed by atoms with Gasteiger partial charge in [0.25, 0.3) is 0 Å². The molecule has 3 rings (SSSR count). The van der Waals surface area contributed by atoms with E-state index in [1.54, 1.807) is 0 Å². The van der Waals surface area contributed by atoms with Crippen LogP contribution in [0.2, 0.25) is 0 Å². The largest absolute Gasteiger partial charge is 0.490 e. The number of nitrogens with zero attached hydrogens (tertiary/aromatic N) is 2. The molecule has 0 fully saturated rings. The Balaban J connectivity index is 0.000000758. The zero-order valence-corrected chi connectivity index (χ0v) is 14.8. The van der Waals surface area contributed by atoms with Gasteiger partial charge in [0.05, 0.1) is 12.3 Å². The topological polar surface area (TPSA) is 77.7 Å². The minimum Gasteiger partial charge on any atom is -0.490 e. The highest BCUT2D eigenvalue weighted by molar-refractivity contribution is 5.96. The van der Waals surface area contributed by atoms with Gasteiger partial charge in [-0.3, -0.25) is 9.20 Å². The number of ketones is 1. The van der Waals surface area contributed by atoms with Crippen molar-refractivity contribution in [1.29, 1.82) is 0 Å². The molecule has 1 aromatic carbocycles. The predicted octanol–water partition coefficient (Wildman–Crippen LogP) is 3.27. The molecule has 0 amide bonds. The molecule has 0 radical (unpaired) electrons. The lowest BCUT2D eigenvalue weighted by atomic mass is 10.1. The highest BCUT2D eigenvalue weighted by Gasteiger charge is 2.18. The number of benzene rings is 1. The SMILES string of the molecule is CCOc1cccn2c(C(=O)CCc3ccccc3)c(C)nc12.O=C=O. The van der Waals surface area contributed by atoms with Crippen LogP contribution >= 0.6 is 0 Å². The fourth-order valence-electron chi connectivity index (χ4n) is 2.78. The van der Waals surface area contributed by atoms with Gasteiger partial charge in [-0.25, -0.2) is 4.98 Å². The lowest BCUT2D eigenvalue weighted by Gasteiger charge is -2.06. The number of aryl methyl sites for hydroxylation is 2. The summed E-state index contributed by atoms with van der Waals surface area (Å²) in [6, 6.07) is 13.8. The van der Waals surface area contributed by atoms with Crippen LogP contribution in [0.15, 0.2) is 48.7 Å². The van der Waals surface area contributed by atoms with Crippen LogP contribution < -0.4 is 4.74 Å². The number of Topliss-reactive ketones (excluding diaryl/α,β-unsaturated/α-hetero) is 1. The summed E-state index contributed by atoms with van der Waals surface area (Å²) < 4.78 is 7.44. The van der Waals surface area contributed by atoms with Gasteiger partial charge in [0, 0.05) is 12.6 Å². The first-order valence-electron chi connectivity index (χ1n) is 8.29. The second-order valence-corrected chi connectivity index (χ2v) is 5.54. The van der Waals surface area contributed by atoms with Gasteiger partial charge in [0.1, 0.15) is 5.69 Å². The van der Waals surface area contributed by atoms with E-state index in [4.69, 9.17) is 14.3 Å². The van der Waals surface area contributed by atoms with Crippen molar-refractivity contribution in [3.05, 3.63) is 65.6 Å². The fourth-order valence-corrected chi connectivity index (χ4v) is 2.78. The van der Waals surface area contributed by atoms with Gasteiger partial charge in [0.15, 0.2) is 17.2 Å². The molecular weight excluding hydrogens is 332 g/mol. The number of fused-ring (bicyclic) bond motifs is 1. The van der Waals surface area contributed by atoms with E-state index >= 15 is 0 Å². The number of ether oxygens (including phenoxy) is 1. The molecule has 2 heterocycles. The number of carbonyl (C=O) groups excluding carboxylic acids is 3. The summed E-state index contributed by atoms with van der Waals surface area (Å²) in [5.41, 5.74) is 3.27. The highest BCUT2D eigenvalue weighted by atomic mass is 16.5. The molecule has 2 aromatic heterocycles. The first kappa shape index (κ1) is 19.1. The van der Waals surface area contributed by atoms with Gasteiger partial charge < -0.3 is 4.74 Å². The number of rotatable bonds is 6. The molecule has 0 N–H and O–H groups in total. The molecular formula is C20H20N2O4. The van der Waals surface area contributed by atoms with Crippen LogP contribution in [0.25, 0.3) is 5.65 Å². The summed E-state index contributed by atoms with van der Waals surface area (Å²) >= 11 is 0. The molecule has 0 spiro atoms. The summed E-state index contributed by atoms with van der Waals surface area (Å²) in [6.07, 6.45) is 3.32. The number of hydrogen-bond acceptors (Lipinski definition) is 5. The molecule has 0 aliphatic heterocycles. The summed E-state index contributed by atoms with van der Waals surface area (Å²) in [5.74, 6) is 0.813. The maximum absolute atomic E-state index is 12.7. The van der Waals surface area contributed by atoms with Crippen molar-refractivity contribution >= 4 is 17.6 Å². The van der Waals surface area contributed by atoms with Gasteiger partial charge in [-0.15, -0.1) is 0 Å². The van der Waals surface area contributed by atoms with Crippen LogP contribution in [0.1, 0.15) is 35.1 Å². The van der Waals surface area contributed by atoms with Crippen molar-refractivity contribution in [2.45, 2.75) is 26.7 Å². The van der Waals surface area contributed by atoms with Gasteiger partial charge in [-0.1, -0.05) is 30.3 Å². The van der Waals surface area contributed by atoms with E-state index in [0.29, 0.717) is 30.1 Å². The zero-order valence-electron chi connectivity index (χ0n) is 14.8. The van der Waals surface area contributed by atoms with Crippen molar-refractivity contribution in [2.75, 3.05) is 6.61 Å². The summed E-state index contributed by atoms with van der Waals surface area (Å²) in [7, 11) is 0. The van der Waals surface area contributed by atoms with E-state index in [2.05, 4.69) is 4.98 Å². The molecule has 3 aromatic rings. The Morgan fingerprint density at radius 2 is 1.85 bits per heavy atom. The third-order valence-electron chi connectivity index (χ3n) is 3.84. The molecule has 0 aliphatic rings. The first-order valence-corrected chi connectivity index (χ1v) is 8.29. The zero-order chi connectivity index (χ0) is 18.9. The van der Waals surface area contributed by atoms with E-state index in [1.165, 1.54) is 5.56 Å². The van der Waals surface area contributed by atoms with Crippen molar-refractivity contribution in [3.8, 4) is 5.75 Å². The third-order valence-corrected chi connectivity index (χ3v) is 3.84. The molecule has 0 unspecified atom stereocenters. The summed E-state index contributed by atoms with van der Waals surface area (Å²) in [4.78, 5) is 33.5. The van der Waals surface area contributed by atoms with Crippen LogP contribution in [0, 0.1) is 6.92 Å². The molecule has 0 bridgehead atoms. The van der Waals surface area contributed by atoms with Gasteiger partial charge >= 0.3 is 6.15 Å². The molecule has 0 aliphatic carbocycles. The Bertz CT molecular complexity index is 910. The second kappa shape index (κ2) is 9.30. The predicted molar refractivity (Wildman–Crippen MR) is 95.2 cm³/mol. The van der Waals surface area contributed by atoms with Crippen molar-refractivity contribution in [3.63, 3.8) is 0 Å². The molecule has 0 saturated carbocycles. The molecule has 134 valence electrons. The number of aromatic nitrogens is 2. The van der Waals surface area contributed by atoms with Crippen molar-refractivity contribution < 1.29 is 19.1 Å². The van der Waals surface area contributed by atoms with Crippen LogP contribution in [-0.2, 0) is 16.0 Å². The molecule has 26 heavy (non-hydrogen) atoms. The summed E-state index contributed by atoms with van der Waals surface area (Å²) in [6.45, 7) is 4.38. The first-order chi connectivity index (χ1) is 12.6. The van der Waals surface area contributed by atoms with Gasteiger partial charge in [0.2, 0.25) is 0 Å². The minimum atomic E-state index is 0.104. The Labute approximate surface area is 151 Å². The fraction of sp³-hybridized carbons (Fsp3) is 0.250. The number of pyridine rings is 1. The van der Waals surface area contributed by atoms with Crippen LogP contribution in [-0.4, -0.2) is 27.9 Å². The monoisotopic (exact) mass is 352 g/mol. The quantitative estimate of drug-likeness (QED) is 0.636. The van der Waals surface area contributed by atoms with Gasteiger partial charge in [-0.2, -0.15) is 9.59 Å². The Morgan fingerprint density at radius 1 is 1.15 bits per heavy atom. The molecule has 0 atom stereocenters. The minimum absolute atomic E-state index is 0.104. The average molecular weight is 352 g/mol. The number of carbonyl (C=O) groups is 1. The highest BCUT2D eigenvalue weighted by Crippen LogP contribution is 2.23. The molecule has 0 saturated heterocycles. The molecule has 6 heteroatoms. The lowest BCUT2D eigenvalue weighted by Crippen LogP contribution is -2.07. The lowest BCUT2D eigenvalue weighted by molar-refractivity contribution is -0.191. The van der Waals surface area contributed by atoms with Crippen LogP contribution in [0.5, 0.6) is 5.75 Å². The number of hydrogen-bond donors (Lipinski definition) is 0. The normalized spacial score (nSPS) is 9.92. The van der Waals surface area contributed by atoms with E-state index < -0.39 is 0 Å². The van der Waals surface area contributed by atoms with E-state index in [-0.39, 0.29) is 11.9 Å². The van der Waals surface area contributed by atoms with E-state index in [9.17, 15) is 4.79 Å².